The average molecular weight is 602 g/mol. The van der Waals surface area contributed by atoms with Gasteiger partial charge in [-0.1, -0.05) is 11.8 Å². The van der Waals surface area contributed by atoms with Gasteiger partial charge in [0.05, 0.1) is 11.0 Å². The van der Waals surface area contributed by atoms with Crippen molar-refractivity contribution in [3.63, 3.8) is 0 Å². The maximum atomic E-state index is 12.3. The molecule has 0 spiro atoms. The van der Waals surface area contributed by atoms with Gasteiger partial charge < -0.3 is 19.9 Å². The summed E-state index contributed by atoms with van der Waals surface area (Å²) in [5.74, 6) is 4.99. The maximum Gasteiger partial charge on any atom is 0.355 e. The van der Waals surface area contributed by atoms with E-state index < -0.39 is 16.8 Å². The van der Waals surface area contributed by atoms with Gasteiger partial charge in [-0.3, -0.25) is 14.8 Å². The molecular formula is C32H31N3O5S2. The second kappa shape index (κ2) is 14.5. The summed E-state index contributed by atoms with van der Waals surface area (Å²) >= 11 is 2.46. The van der Waals surface area contributed by atoms with Crippen LogP contribution in [0.15, 0.2) is 60.9 Å². The zero-order valence-corrected chi connectivity index (χ0v) is 25.5. The largest absolute Gasteiger partial charge is 0.478 e. The predicted octanol–water partition coefficient (Wildman–Crippen LogP) is 5.57. The molecule has 0 radical (unpaired) electrons. The van der Waals surface area contributed by atoms with E-state index in [1.165, 1.54) is 11.8 Å². The third-order valence-corrected chi connectivity index (χ3v) is 6.93. The number of terminal acetylenes is 2. The van der Waals surface area contributed by atoms with E-state index in [0.29, 0.717) is 22.6 Å². The van der Waals surface area contributed by atoms with E-state index in [0.717, 1.165) is 33.6 Å². The highest BCUT2D eigenvalue weighted by molar-refractivity contribution is 8.00. The fourth-order valence-electron chi connectivity index (χ4n) is 3.61. The van der Waals surface area contributed by atoms with Gasteiger partial charge in [-0.15, -0.1) is 36.4 Å². The van der Waals surface area contributed by atoms with Gasteiger partial charge in [0.1, 0.15) is 11.5 Å². The molecule has 0 saturated carbocycles. The lowest BCUT2D eigenvalue weighted by Crippen LogP contribution is -2.46. The minimum absolute atomic E-state index is 0.152. The fourth-order valence-corrected chi connectivity index (χ4v) is 4.50. The van der Waals surface area contributed by atoms with Crippen molar-refractivity contribution in [2.45, 2.75) is 37.2 Å². The lowest BCUT2D eigenvalue weighted by molar-refractivity contribution is -0.140. The quantitative estimate of drug-likeness (QED) is 0.198. The molecule has 0 aliphatic carbocycles. The molecule has 0 aliphatic heterocycles. The van der Waals surface area contributed by atoms with E-state index in [2.05, 4.69) is 27.1 Å². The molecule has 2 heterocycles. The number of nitrogens with one attached hydrogen (secondary N) is 1. The number of hydrogen-bond acceptors (Lipinski definition) is 8. The summed E-state index contributed by atoms with van der Waals surface area (Å²) in [5.41, 5.74) is 1.14. The van der Waals surface area contributed by atoms with Gasteiger partial charge in [-0.05, 0) is 81.8 Å². The Bertz CT molecular complexity index is 1670. The maximum absolute atomic E-state index is 12.3. The predicted molar refractivity (Wildman–Crippen MR) is 171 cm³/mol. The van der Waals surface area contributed by atoms with Crippen molar-refractivity contribution in [3.8, 4) is 36.2 Å². The van der Waals surface area contributed by atoms with E-state index in [-0.39, 0.29) is 11.4 Å². The van der Waals surface area contributed by atoms with Crippen LogP contribution >= 0.6 is 23.5 Å². The molecule has 10 heteroatoms. The lowest BCUT2D eigenvalue weighted by atomic mass is 10.1. The second-order valence-electron chi connectivity index (χ2n) is 9.89. The molecule has 2 N–H and O–H groups in total. The third-order valence-electron chi connectivity index (χ3n) is 5.47. The molecule has 0 fully saturated rings. The van der Waals surface area contributed by atoms with E-state index in [1.54, 1.807) is 42.9 Å². The Kier molecular flexibility index (Phi) is 11.1. The SMILES string of the molecule is C#Cc1cnc2ccc(OC(SC)C(=O)NC(C)(C)C)cc2c1.C#Cc1cnc2ccc(OC(SC)C(=O)O)cc2c1. The van der Waals surface area contributed by atoms with Crippen molar-refractivity contribution in [1.29, 1.82) is 0 Å². The van der Waals surface area contributed by atoms with Crippen LogP contribution in [0.3, 0.4) is 0 Å². The molecular weight excluding hydrogens is 571 g/mol. The Balaban J connectivity index is 0.000000235. The van der Waals surface area contributed by atoms with Gasteiger partial charge >= 0.3 is 5.97 Å². The van der Waals surface area contributed by atoms with E-state index in [4.69, 9.17) is 27.4 Å². The summed E-state index contributed by atoms with van der Waals surface area (Å²) < 4.78 is 11.2. The number of carboxylic acids is 1. The summed E-state index contributed by atoms with van der Waals surface area (Å²) in [4.78, 5) is 31.7. The molecule has 2 unspecified atom stereocenters. The number of ether oxygens (including phenoxy) is 2. The third kappa shape index (κ3) is 9.07. The number of carbonyl (C=O) groups is 2. The molecule has 0 aliphatic rings. The van der Waals surface area contributed by atoms with Gasteiger partial charge in [-0.25, -0.2) is 4.79 Å². The Morgan fingerprint density at radius 1 is 0.833 bits per heavy atom. The van der Waals surface area contributed by atoms with Crippen LogP contribution in [0.2, 0.25) is 0 Å². The van der Waals surface area contributed by atoms with Crippen molar-refractivity contribution in [2.24, 2.45) is 0 Å². The molecule has 216 valence electrons. The monoisotopic (exact) mass is 601 g/mol. The first kappa shape index (κ1) is 32.1. The Labute approximate surface area is 254 Å². The number of aromatic nitrogens is 2. The molecule has 0 bridgehead atoms. The number of carbonyl (C=O) groups excluding carboxylic acids is 1. The van der Waals surface area contributed by atoms with Crippen molar-refractivity contribution >= 4 is 57.2 Å². The highest BCUT2D eigenvalue weighted by atomic mass is 32.2. The Morgan fingerprint density at radius 3 is 1.67 bits per heavy atom. The molecule has 0 saturated heterocycles. The molecule has 4 rings (SSSR count). The Hall–Kier alpha value is -4.38. The van der Waals surface area contributed by atoms with Gasteiger partial charge in [0, 0.05) is 39.8 Å². The standard InChI is InChI=1S/C18H20N2O2S.C14H11NO3S/c1-6-12-9-13-10-14(7-8-15(13)19-11-12)22-17(23-5)16(21)20-18(2,3)4;1-3-9-6-10-7-11(4-5-12(10)15-8-9)18-14(19-2)13(16)17/h1,7-11,17H,2-5H3,(H,20,21);1,4-8,14H,2H3,(H,16,17). The van der Waals surface area contributed by atoms with Crippen LogP contribution in [0.4, 0.5) is 0 Å². The molecule has 42 heavy (non-hydrogen) atoms. The number of benzene rings is 2. The van der Waals surface area contributed by atoms with Crippen LogP contribution < -0.4 is 14.8 Å². The van der Waals surface area contributed by atoms with Gasteiger partial charge in [0.15, 0.2) is 0 Å². The number of amides is 1. The molecule has 8 nitrogen and oxygen atoms in total. The number of thioether (sulfide) groups is 2. The van der Waals surface area contributed by atoms with Gasteiger partial charge in [-0.2, -0.15) is 0 Å². The molecule has 4 aromatic rings. The number of fused-ring (bicyclic) bond motifs is 2. The van der Waals surface area contributed by atoms with E-state index in [1.807, 2.05) is 51.3 Å². The summed E-state index contributed by atoms with van der Waals surface area (Å²) in [6.45, 7) is 5.81. The lowest BCUT2D eigenvalue weighted by Gasteiger charge is -2.24. The Morgan fingerprint density at radius 2 is 1.29 bits per heavy atom. The van der Waals surface area contributed by atoms with Crippen LogP contribution in [0.5, 0.6) is 11.5 Å². The van der Waals surface area contributed by atoms with Crippen LogP contribution in [0.25, 0.3) is 21.8 Å². The van der Waals surface area contributed by atoms with Crippen molar-refractivity contribution in [2.75, 3.05) is 12.5 Å². The summed E-state index contributed by atoms with van der Waals surface area (Å²) in [6, 6.07) is 14.4. The number of hydrogen-bond donors (Lipinski definition) is 2. The summed E-state index contributed by atoms with van der Waals surface area (Å²) in [6.07, 6.45) is 17.5. The zero-order valence-electron chi connectivity index (χ0n) is 23.9. The minimum Gasteiger partial charge on any atom is -0.478 e. The smallest absolute Gasteiger partial charge is 0.355 e. The van der Waals surface area contributed by atoms with E-state index in [9.17, 15) is 9.59 Å². The van der Waals surface area contributed by atoms with Crippen molar-refractivity contribution < 1.29 is 24.2 Å². The average Bonchev–Trinajstić information content (AvgIpc) is 2.96. The number of pyridine rings is 2. The topological polar surface area (TPSA) is 111 Å². The normalized spacial score (nSPS) is 12.2. The van der Waals surface area contributed by atoms with E-state index >= 15 is 0 Å². The van der Waals surface area contributed by atoms with Crippen LogP contribution in [-0.4, -0.2) is 55.9 Å². The minimum atomic E-state index is -1.01. The first-order valence-electron chi connectivity index (χ1n) is 12.6. The second-order valence-corrected chi connectivity index (χ2v) is 11.7. The number of carboxylic acid groups (broad SMARTS) is 1. The first-order valence-corrected chi connectivity index (χ1v) is 15.2. The van der Waals surface area contributed by atoms with Crippen molar-refractivity contribution in [3.05, 3.63) is 72.1 Å². The molecule has 2 aromatic heterocycles. The summed E-state index contributed by atoms with van der Waals surface area (Å²) in [7, 11) is 0. The highest BCUT2D eigenvalue weighted by Crippen LogP contribution is 2.24. The molecule has 2 atom stereocenters. The summed E-state index contributed by atoms with van der Waals surface area (Å²) in [5, 5.41) is 13.6. The van der Waals surface area contributed by atoms with Crippen LogP contribution in [-0.2, 0) is 9.59 Å². The molecule has 2 aromatic carbocycles. The van der Waals surface area contributed by atoms with Crippen LogP contribution in [0, 0.1) is 24.7 Å². The number of rotatable bonds is 8. The fraction of sp³-hybridized carbons (Fsp3) is 0.250. The van der Waals surface area contributed by atoms with Crippen LogP contribution in [0.1, 0.15) is 31.9 Å². The van der Waals surface area contributed by atoms with Gasteiger partial charge in [0.2, 0.25) is 10.9 Å². The number of aliphatic carboxylic acids is 1. The first-order chi connectivity index (χ1) is 20.0. The highest BCUT2D eigenvalue weighted by Gasteiger charge is 2.24. The number of nitrogens with zero attached hydrogens (tertiary/aromatic N) is 2. The van der Waals surface area contributed by atoms with Crippen molar-refractivity contribution in [1.82, 2.24) is 15.3 Å². The van der Waals surface area contributed by atoms with Gasteiger partial charge in [0.25, 0.3) is 5.91 Å². The zero-order chi connectivity index (χ0) is 30.9. The molecule has 1 amide bonds.